The normalized spacial score (nSPS) is 21.0. The van der Waals surface area contributed by atoms with E-state index in [1.54, 1.807) is 25.7 Å². The van der Waals surface area contributed by atoms with E-state index in [0.717, 1.165) is 12.1 Å². The molecule has 1 aliphatic rings. The highest BCUT2D eigenvalue weighted by Gasteiger charge is 2.34. The fourth-order valence-electron chi connectivity index (χ4n) is 3.03. The molecule has 2 N–H and O–H groups in total. The molecule has 0 saturated carbocycles. The number of hydrogen-bond acceptors (Lipinski definition) is 4. The molecule has 1 aromatic heterocycles. The number of carbonyl (C=O) groups excluding carboxylic acids is 1. The molecule has 6 nitrogen and oxygen atoms in total. The van der Waals surface area contributed by atoms with Crippen LogP contribution < -0.4 is 10.2 Å². The fourth-order valence-corrected chi connectivity index (χ4v) is 3.03. The van der Waals surface area contributed by atoms with Gasteiger partial charge in [-0.1, -0.05) is 0 Å². The Bertz CT molecular complexity index is 859. The van der Waals surface area contributed by atoms with Gasteiger partial charge in [0, 0.05) is 13.1 Å². The van der Waals surface area contributed by atoms with E-state index in [1.807, 2.05) is 0 Å². The van der Waals surface area contributed by atoms with E-state index >= 15 is 0 Å². The predicted molar refractivity (Wildman–Crippen MR) is 96.0 cm³/mol. The number of hydrogen-bond donors (Lipinski definition) is 2. The highest BCUT2D eigenvalue weighted by atomic mass is 19.4. The van der Waals surface area contributed by atoms with Crippen molar-refractivity contribution in [2.24, 2.45) is 0 Å². The number of anilines is 1. The molecule has 0 bridgehead atoms. The van der Waals surface area contributed by atoms with E-state index in [9.17, 15) is 22.4 Å². The number of amides is 1. The number of alkyl halides is 4. The Morgan fingerprint density at radius 1 is 1.32 bits per heavy atom. The summed E-state index contributed by atoms with van der Waals surface area (Å²) in [5.41, 5.74) is -0.868. The molecule has 0 spiro atoms. The predicted octanol–water partition coefficient (Wildman–Crippen LogP) is 4.02. The Morgan fingerprint density at radius 2 is 2.04 bits per heavy atom. The van der Waals surface area contributed by atoms with Crippen LogP contribution >= 0.6 is 0 Å². The third-order valence-electron chi connectivity index (χ3n) is 4.33. The first-order valence-electron chi connectivity index (χ1n) is 8.88. The van der Waals surface area contributed by atoms with Crippen LogP contribution in [0.3, 0.4) is 0 Å². The van der Waals surface area contributed by atoms with Crippen molar-refractivity contribution in [2.45, 2.75) is 51.2 Å². The van der Waals surface area contributed by atoms with E-state index in [2.05, 4.69) is 15.3 Å². The summed E-state index contributed by atoms with van der Waals surface area (Å²) in [6.07, 6.45) is -6.29. The molecule has 10 heteroatoms. The highest BCUT2D eigenvalue weighted by Crippen LogP contribution is 2.32. The molecule has 2 atom stereocenters. The van der Waals surface area contributed by atoms with Gasteiger partial charge in [-0.3, -0.25) is 0 Å². The number of ether oxygens (including phenoxy) is 1. The third kappa shape index (κ3) is 4.66. The van der Waals surface area contributed by atoms with Crippen molar-refractivity contribution in [3.05, 3.63) is 23.8 Å². The number of alkyl carbamates (subject to hydrolysis) is 1. The van der Waals surface area contributed by atoms with Crippen LogP contribution in [0.1, 0.15) is 32.8 Å². The summed E-state index contributed by atoms with van der Waals surface area (Å²) in [6, 6.07) is 2.43. The lowest BCUT2D eigenvalue weighted by Crippen LogP contribution is -2.54. The average Bonchev–Trinajstić information content (AvgIpc) is 2.97. The number of aromatic nitrogens is 2. The third-order valence-corrected chi connectivity index (χ3v) is 4.33. The summed E-state index contributed by atoms with van der Waals surface area (Å²) in [5, 5.41) is 2.52. The smallest absolute Gasteiger partial charge is 0.416 e. The summed E-state index contributed by atoms with van der Waals surface area (Å²) >= 11 is 0. The first kappa shape index (κ1) is 20.2. The molecular weight excluding hydrogens is 380 g/mol. The van der Waals surface area contributed by atoms with Crippen LogP contribution in [0.15, 0.2) is 18.2 Å². The van der Waals surface area contributed by atoms with Gasteiger partial charge < -0.3 is 19.9 Å². The molecule has 1 fully saturated rings. The first-order valence-corrected chi connectivity index (χ1v) is 8.88. The van der Waals surface area contributed by atoms with Crippen molar-refractivity contribution in [1.82, 2.24) is 15.3 Å². The van der Waals surface area contributed by atoms with Gasteiger partial charge in [0.25, 0.3) is 0 Å². The zero-order valence-corrected chi connectivity index (χ0v) is 15.7. The van der Waals surface area contributed by atoms with Crippen molar-refractivity contribution in [2.75, 3.05) is 18.0 Å². The fraction of sp³-hybridized carbons (Fsp3) is 0.556. The molecule has 1 saturated heterocycles. The minimum absolute atomic E-state index is 0.117. The van der Waals surface area contributed by atoms with Gasteiger partial charge in [0.05, 0.1) is 22.6 Å². The summed E-state index contributed by atoms with van der Waals surface area (Å²) in [5.74, 6) is 0.331. The molecule has 28 heavy (non-hydrogen) atoms. The maximum atomic E-state index is 14.3. The van der Waals surface area contributed by atoms with Crippen molar-refractivity contribution < 1.29 is 27.1 Å². The second-order valence-corrected chi connectivity index (χ2v) is 7.79. The molecule has 1 amide bonds. The Morgan fingerprint density at radius 3 is 2.68 bits per heavy atom. The standard InChI is InChI=1S/C18H22F4N4O2/c1-17(2,3)28-16(27)25-14-9-26(7-6-11(14)19)15-23-12-5-4-10(18(20,21)22)8-13(12)24-15/h4-5,8,11,14H,6-7,9H2,1-3H3,(H,23,24)(H,25,27)/t11-,14-/m1/s1. The van der Waals surface area contributed by atoms with Crippen LogP contribution in [0.25, 0.3) is 11.0 Å². The molecule has 0 aliphatic carbocycles. The lowest BCUT2D eigenvalue weighted by atomic mass is 10.0. The maximum Gasteiger partial charge on any atom is 0.416 e. The van der Waals surface area contributed by atoms with E-state index in [4.69, 9.17) is 4.74 Å². The number of halogens is 4. The summed E-state index contributed by atoms with van der Waals surface area (Å²) < 4.78 is 58.0. The number of benzene rings is 1. The maximum absolute atomic E-state index is 14.3. The van der Waals surface area contributed by atoms with Gasteiger partial charge in [-0.2, -0.15) is 13.2 Å². The van der Waals surface area contributed by atoms with E-state index < -0.39 is 35.6 Å². The topological polar surface area (TPSA) is 70.2 Å². The van der Waals surface area contributed by atoms with Crippen LogP contribution in [0.5, 0.6) is 0 Å². The number of fused-ring (bicyclic) bond motifs is 1. The van der Waals surface area contributed by atoms with Gasteiger partial charge in [0.2, 0.25) is 5.95 Å². The van der Waals surface area contributed by atoms with Gasteiger partial charge in [-0.05, 0) is 45.4 Å². The number of H-pyrrole nitrogens is 1. The van der Waals surface area contributed by atoms with Gasteiger partial charge in [0.1, 0.15) is 11.8 Å². The molecule has 2 heterocycles. The Labute approximate surface area is 159 Å². The number of nitrogens with zero attached hydrogens (tertiary/aromatic N) is 2. The van der Waals surface area contributed by atoms with Crippen molar-refractivity contribution in [3.8, 4) is 0 Å². The SMILES string of the molecule is CC(C)(C)OC(=O)N[C@@H]1CN(c2nc3ccc(C(F)(F)F)cc3[nH]2)CC[C@H]1F. The summed E-state index contributed by atoms with van der Waals surface area (Å²) in [7, 11) is 0. The van der Waals surface area contributed by atoms with Crippen molar-refractivity contribution >= 4 is 23.1 Å². The van der Waals surface area contributed by atoms with Crippen molar-refractivity contribution in [1.29, 1.82) is 0 Å². The quantitative estimate of drug-likeness (QED) is 0.745. The van der Waals surface area contributed by atoms with Crippen LogP contribution in [-0.4, -0.2) is 47.0 Å². The second kappa shape index (κ2) is 7.14. The second-order valence-electron chi connectivity index (χ2n) is 7.79. The number of carbonyl (C=O) groups is 1. The zero-order valence-electron chi connectivity index (χ0n) is 15.7. The Hall–Kier alpha value is -2.52. The number of rotatable bonds is 2. The van der Waals surface area contributed by atoms with Crippen LogP contribution in [0.4, 0.5) is 28.3 Å². The highest BCUT2D eigenvalue weighted by molar-refractivity contribution is 5.78. The summed E-state index contributed by atoms with van der Waals surface area (Å²) in [6.45, 7) is 5.55. The van der Waals surface area contributed by atoms with Gasteiger partial charge in [-0.15, -0.1) is 0 Å². The first-order chi connectivity index (χ1) is 12.9. The van der Waals surface area contributed by atoms with Gasteiger partial charge >= 0.3 is 12.3 Å². The molecule has 2 aromatic rings. The van der Waals surface area contributed by atoms with Crippen LogP contribution in [0, 0.1) is 0 Å². The van der Waals surface area contributed by atoms with Crippen molar-refractivity contribution in [3.63, 3.8) is 0 Å². The monoisotopic (exact) mass is 402 g/mol. The minimum atomic E-state index is -4.45. The molecule has 0 radical (unpaired) electrons. The number of aromatic amines is 1. The van der Waals surface area contributed by atoms with E-state index in [1.165, 1.54) is 6.07 Å². The Balaban J connectivity index is 1.75. The van der Waals surface area contributed by atoms with Crippen LogP contribution in [-0.2, 0) is 10.9 Å². The number of piperidine rings is 1. The molecule has 1 aromatic carbocycles. The van der Waals surface area contributed by atoms with Gasteiger partial charge in [-0.25, -0.2) is 14.2 Å². The molecule has 0 unspecified atom stereocenters. The van der Waals surface area contributed by atoms with E-state index in [0.29, 0.717) is 18.0 Å². The molecule has 3 rings (SSSR count). The van der Waals surface area contributed by atoms with E-state index in [-0.39, 0.29) is 18.5 Å². The average molecular weight is 402 g/mol. The minimum Gasteiger partial charge on any atom is -0.444 e. The lowest BCUT2D eigenvalue weighted by molar-refractivity contribution is -0.137. The molecule has 1 aliphatic heterocycles. The van der Waals surface area contributed by atoms with Gasteiger partial charge in [0.15, 0.2) is 0 Å². The van der Waals surface area contributed by atoms with Crippen LogP contribution in [0.2, 0.25) is 0 Å². The lowest BCUT2D eigenvalue weighted by Gasteiger charge is -2.35. The Kier molecular flexibility index (Phi) is 5.16. The largest absolute Gasteiger partial charge is 0.444 e. The number of nitrogens with one attached hydrogen (secondary N) is 2. The number of imidazole rings is 1. The molecule has 154 valence electrons. The molecular formula is C18H22F4N4O2. The zero-order chi connectivity index (χ0) is 20.7. The summed E-state index contributed by atoms with van der Waals surface area (Å²) in [4.78, 5) is 20.8.